The Labute approximate surface area is 147 Å². The van der Waals surface area contributed by atoms with Crippen molar-refractivity contribution in [1.29, 1.82) is 0 Å². The van der Waals surface area contributed by atoms with Gasteiger partial charge in [0.1, 0.15) is 0 Å². The summed E-state index contributed by atoms with van der Waals surface area (Å²) < 4.78 is 20.6. The third kappa shape index (κ3) is 3.92. The smallest absolute Gasteiger partial charge is 0.193 e. The molecule has 0 aliphatic carbocycles. The average molecular weight is 345 g/mol. The number of likely N-dealkylation sites (tertiary alicyclic amines) is 1. The number of nitrogens with zero attached hydrogens (tertiary/aromatic N) is 4. The van der Waals surface area contributed by atoms with Crippen molar-refractivity contribution in [3.63, 3.8) is 0 Å². The molecule has 0 spiro atoms. The van der Waals surface area contributed by atoms with Gasteiger partial charge in [0.25, 0.3) is 0 Å². The van der Waals surface area contributed by atoms with Gasteiger partial charge in [0.15, 0.2) is 17.5 Å². The minimum Gasteiger partial charge on any atom is -0.494 e. The zero-order chi connectivity index (χ0) is 17.8. The van der Waals surface area contributed by atoms with Gasteiger partial charge in [-0.2, -0.15) is 5.10 Å². The van der Waals surface area contributed by atoms with E-state index in [1.54, 1.807) is 13.1 Å². The molecule has 1 saturated heterocycles. The lowest BCUT2D eigenvalue weighted by molar-refractivity contribution is 0.386. The number of guanidine groups is 1. The Balaban J connectivity index is 1.59. The summed E-state index contributed by atoms with van der Waals surface area (Å²) in [6.07, 6.45) is 5.08. The molecule has 0 amide bonds. The molecule has 0 bridgehead atoms. The first-order valence-electron chi connectivity index (χ1n) is 8.37. The Kier molecular flexibility index (Phi) is 5.21. The fourth-order valence-corrected chi connectivity index (χ4v) is 3.21. The second kappa shape index (κ2) is 7.55. The molecule has 1 unspecified atom stereocenters. The molecule has 1 N–H and O–H groups in total. The fourth-order valence-electron chi connectivity index (χ4n) is 3.21. The Morgan fingerprint density at radius 3 is 2.96 bits per heavy atom. The lowest BCUT2D eigenvalue weighted by atomic mass is 10.0. The Hall–Kier alpha value is -2.57. The molecule has 6 nitrogen and oxygen atoms in total. The van der Waals surface area contributed by atoms with E-state index in [1.807, 2.05) is 24.0 Å². The number of rotatable bonds is 4. The second-order valence-electron chi connectivity index (χ2n) is 6.25. The number of ether oxygens (including phenoxy) is 1. The second-order valence-corrected chi connectivity index (χ2v) is 6.25. The van der Waals surface area contributed by atoms with Crippen LogP contribution >= 0.6 is 0 Å². The molecule has 1 aliphatic heterocycles. The van der Waals surface area contributed by atoms with Crippen LogP contribution in [0.2, 0.25) is 0 Å². The van der Waals surface area contributed by atoms with Gasteiger partial charge in [0.2, 0.25) is 0 Å². The number of methoxy groups -OCH3 is 1. The van der Waals surface area contributed by atoms with Crippen LogP contribution in [0.4, 0.5) is 4.39 Å². The van der Waals surface area contributed by atoms with Crippen LogP contribution in [0.25, 0.3) is 0 Å². The van der Waals surface area contributed by atoms with E-state index in [0.717, 1.165) is 31.0 Å². The van der Waals surface area contributed by atoms with Crippen LogP contribution < -0.4 is 10.1 Å². The molecule has 134 valence electrons. The lowest BCUT2D eigenvalue weighted by Crippen LogP contribution is -2.39. The van der Waals surface area contributed by atoms with Crippen molar-refractivity contribution in [1.82, 2.24) is 20.0 Å². The third-order valence-corrected chi connectivity index (χ3v) is 4.56. The molecule has 2 aromatic rings. The van der Waals surface area contributed by atoms with Crippen LogP contribution in [-0.2, 0) is 13.6 Å². The van der Waals surface area contributed by atoms with Crippen LogP contribution in [0.3, 0.4) is 0 Å². The SMILES string of the molecule is CN=C(NCc1ccc(OC)c(F)c1)N1CCC(c2cnn(C)c2)C1. The molecule has 1 fully saturated rings. The van der Waals surface area contributed by atoms with Crippen molar-refractivity contribution in [2.45, 2.75) is 18.9 Å². The Bertz CT molecular complexity index is 758. The highest BCUT2D eigenvalue weighted by Gasteiger charge is 2.26. The van der Waals surface area contributed by atoms with E-state index in [-0.39, 0.29) is 11.6 Å². The maximum absolute atomic E-state index is 13.8. The molecule has 1 aliphatic rings. The summed E-state index contributed by atoms with van der Waals surface area (Å²) in [5.41, 5.74) is 2.11. The number of aryl methyl sites for hydroxylation is 1. The molecule has 25 heavy (non-hydrogen) atoms. The van der Waals surface area contributed by atoms with E-state index in [4.69, 9.17) is 4.74 Å². The summed E-state index contributed by atoms with van der Waals surface area (Å²) in [5.74, 6) is 1.20. The summed E-state index contributed by atoms with van der Waals surface area (Å²) in [4.78, 5) is 6.60. The highest BCUT2D eigenvalue weighted by molar-refractivity contribution is 5.80. The number of hydrogen-bond donors (Lipinski definition) is 1. The van der Waals surface area contributed by atoms with E-state index in [9.17, 15) is 4.39 Å². The summed E-state index contributed by atoms with van der Waals surface area (Å²) in [6, 6.07) is 4.98. The van der Waals surface area contributed by atoms with E-state index in [2.05, 4.69) is 26.5 Å². The molecule has 3 rings (SSSR count). The molecule has 7 heteroatoms. The molecular formula is C18H24FN5O. The monoisotopic (exact) mass is 345 g/mol. The minimum atomic E-state index is -0.352. The standard InChI is InChI=1S/C18H24FN5O/c1-20-18(21-9-13-4-5-17(25-3)16(19)8-13)24-7-6-14(12-24)15-10-22-23(2)11-15/h4-5,8,10-11,14H,6-7,9,12H2,1-3H3,(H,20,21). The molecule has 2 heterocycles. The zero-order valence-corrected chi connectivity index (χ0v) is 14.9. The van der Waals surface area contributed by atoms with Gasteiger partial charge < -0.3 is 15.0 Å². The molecule has 0 radical (unpaired) electrons. The number of nitrogens with one attached hydrogen (secondary N) is 1. The van der Waals surface area contributed by atoms with Crippen molar-refractivity contribution < 1.29 is 9.13 Å². The first-order valence-corrected chi connectivity index (χ1v) is 8.37. The number of hydrogen-bond acceptors (Lipinski definition) is 3. The highest BCUT2D eigenvalue weighted by Crippen LogP contribution is 2.26. The number of benzene rings is 1. The van der Waals surface area contributed by atoms with Crippen molar-refractivity contribution in [3.8, 4) is 5.75 Å². The predicted molar refractivity (Wildman–Crippen MR) is 95.3 cm³/mol. The zero-order valence-electron chi connectivity index (χ0n) is 14.9. The molecule has 1 aromatic carbocycles. The van der Waals surface area contributed by atoms with Crippen LogP contribution in [0.5, 0.6) is 5.75 Å². The van der Waals surface area contributed by atoms with Gasteiger partial charge in [0.05, 0.1) is 13.3 Å². The van der Waals surface area contributed by atoms with Crippen molar-refractivity contribution in [2.75, 3.05) is 27.2 Å². The van der Waals surface area contributed by atoms with Gasteiger partial charge in [-0.05, 0) is 29.7 Å². The maximum Gasteiger partial charge on any atom is 0.193 e. The Morgan fingerprint density at radius 1 is 1.48 bits per heavy atom. The van der Waals surface area contributed by atoms with Gasteiger partial charge in [-0.25, -0.2) is 4.39 Å². The van der Waals surface area contributed by atoms with Gasteiger partial charge in [0, 0.05) is 45.8 Å². The maximum atomic E-state index is 13.8. The minimum absolute atomic E-state index is 0.256. The molecular weight excluding hydrogens is 321 g/mol. The molecule has 0 saturated carbocycles. The first-order chi connectivity index (χ1) is 12.1. The average Bonchev–Trinajstić information content (AvgIpc) is 3.25. The van der Waals surface area contributed by atoms with Crippen LogP contribution in [0.1, 0.15) is 23.5 Å². The number of halogens is 1. The normalized spacial score (nSPS) is 17.8. The van der Waals surface area contributed by atoms with Crippen LogP contribution in [-0.4, -0.2) is 47.9 Å². The fraction of sp³-hybridized carbons (Fsp3) is 0.444. The van der Waals surface area contributed by atoms with E-state index in [0.29, 0.717) is 12.5 Å². The van der Waals surface area contributed by atoms with Crippen LogP contribution in [0, 0.1) is 5.82 Å². The van der Waals surface area contributed by atoms with Gasteiger partial charge in [-0.1, -0.05) is 6.07 Å². The molecule has 1 aromatic heterocycles. The van der Waals surface area contributed by atoms with Crippen molar-refractivity contribution >= 4 is 5.96 Å². The number of aromatic nitrogens is 2. The summed E-state index contributed by atoms with van der Waals surface area (Å²) in [7, 11) is 5.17. The van der Waals surface area contributed by atoms with Crippen molar-refractivity contribution in [3.05, 3.63) is 47.5 Å². The topological polar surface area (TPSA) is 54.7 Å². The van der Waals surface area contributed by atoms with Crippen LogP contribution in [0.15, 0.2) is 35.6 Å². The van der Waals surface area contributed by atoms with Gasteiger partial charge in [-0.3, -0.25) is 9.67 Å². The quantitative estimate of drug-likeness (QED) is 0.681. The number of aliphatic imine (C=N–C) groups is 1. The summed E-state index contributed by atoms with van der Waals surface area (Å²) >= 11 is 0. The van der Waals surface area contributed by atoms with E-state index < -0.39 is 0 Å². The van der Waals surface area contributed by atoms with E-state index >= 15 is 0 Å². The van der Waals surface area contributed by atoms with Crippen molar-refractivity contribution in [2.24, 2.45) is 12.0 Å². The van der Waals surface area contributed by atoms with Gasteiger partial charge >= 0.3 is 0 Å². The highest BCUT2D eigenvalue weighted by atomic mass is 19.1. The molecule has 1 atom stereocenters. The van der Waals surface area contributed by atoms with Gasteiger partial charge in [-0.15, -0.1) is 0 Å². The predicted octanol–water partition coefficient (Wildman–Crippen LogP) is 2.13. The largest absolute Gasteiger partial charge is 0.494 e. The first kappa shape index (κ1) is 17.3. The summed E-state index contributed by atoms with van der Waals surface area (Å²) in [6.45, 7) is 2.36. The lowest BCUT2D eigenvalue weighted by Gasteiger charge is -2.21. The summed E-state index contributed by atoms with van der Waals surface area (Å²) in [5, 5.41) is 7.57. The Morgan fingerprint density at radius 2 is 2.32 bits per heavy atom. The van der Waals surface area contributed by atoms with E-state index in [1.165, 1.54) is 18.7 Å². The third-order valence-electron chi connectivity index (χ3n) is 4.56.